The summed E-state index contributed by atoms with van der Waals surface area (Å²) >= 11 is 0. The highest BCUT2D eigenvalue weighted by atomic mass is 16.2. The van der Waals surface area contributed by atoms with Crippen LogP contribution in [0.1, 0.15) is 44.2 Å². The predicted octanol–water partition coefficient (Wildman–Crippen LogP) is 3.80. The number of rotatable bonds is 2. The van der Waals surface area contributed by atoms with E-state index in [9.17, 15) is 4.79 Å². The predicted molar refractivity (Wildman–Crippen MR) is 111 cm³/mol. The molecule has 5 nitrogen and oxygen atoms in total. The van der Waals surface area contributed by atoms with Crippen LogP contribution in [-0.2, 0) is 4.79 Å². The average Bonchev–Trinajstić information content (AvgIpc) is 3.17. The molecule has 0 bridgehead atoms. The second-order valence-corrected chi connectivity index (χ2v) is 8.93. The summed E-state index contributed by atoms with van der Waals surface area (Å²) in [5.41, 5.74) is 2.87. The molecule has 148 valence electrons. The number of benzene rings is 1. The van der Waals surface area contributed by atoms with E-state index in [2.05, 4.69) is 9.80 Å². The molecule has 28 heavy (non-hydrogen) atoms. The summed E-state index contributed by atoms with van der Waals surface area (Å²) in [6.45, 7) is 5.85. The molecule has 1 aromatic heterocycles. The number of anilines is 1. The van der Waals surface area contributed by atoms with E-state index in [1.807, 2.05) is 31.2 Å². The third kappa shape index (κ3) is 3.25. The quantitative estimate of drug-likeness (QED) is 0.797. The molecular weight excluding hydrogens is 348 g/mol. The van der Waals surface area contributed by atoms with Gasteiger partial charge in [0.05, 0.1) is 16.7 Å². The Morgan fingerprint density at radius 1 is 0.929 bits per heavy atom. The van der Waals surface area contributed by atoms with E-state index in [-0.39, 0.29) is 5.92 Å². The highest BCUT2D eigenvalue weighted by Crippen LogP contribution is 2.37. The number of piperidine rings is 1. The zero-order valence-electron chi connectivity index (χ0n) is 16.8. The lowest BCUT2D eigenvalue weighted by Crippen LogP contribution is -2.42. The van der Waals surface area contributed by atoms with Crippen LogP contribution >= 0.6 is 0 Å². The van der Waals surface area contributed by atoms with Crippen LogP contribution in [0.2, 0.25) is 0 Å². The summed E-state index contributed by atoms with van der Waals surface area (Å²) in [6, 6.07) is 8.04. The molecule has 2 aromatic rings. The third-order valence-corrected chi connectivity index (χ3v) is 7.15. The molecule has 3 heterocycles. The van der Waals surface area contributed by atoms with Crippen molar-refractivity contribution in [2.75, 3.05) is 31.1 Å². The van der Waals surface area contributed by atoms with Crippen molar-refractivity contribution in [1.82, 2.24) is 14.9 Å². The molecule has 1 aromatic carbocycles. The number of fused-ring (bicyclic) bond motifs is 2. The zero-order valence-corrected chi connectivity index (χ0v) is 16.8. The second kappa shape index (κ2) is 7.34. The van der Waals surface area contributed by atoms with Gasteiger partial charge in [-0.2, -0.15) is 0 Å². The normalized spacial score (nSPS) is 25.9. The van der Waals surface area contributed by atoms with Gasteiger partial charge in [0, 0.05) is 32.1 Å². The first-order valence-electron chi connectivity index (χ1n) is 11.0. The number of nitrogens with zero attached hydrogens (tertiary/aromatic N) is 4. The van der Waals surface area contributed by atoms with Gasteiger partial charge in [0.25, 0.3) is 0 Å². The Morgan fingerprint density at radius 2 is 1.54 bits per heavy atom. The minimum Gasteiger partial charge on any atom is -0.355 e. The third-order valence-electron chi connectivity index (χ3n) is 7.15. The van der Waals surface area contributed by atoms with Crippen LogP contribution in [0.15, 0.2) is 24.3 Å². The molecule has 1 aliphatic carbocycles. The van der Waals surface area contributed by atoms with Gasteiger partial charge >= 0.3 is 0 Å². The maximum Gasteiger partial charge on any atom is 0.225 e. The minimum absolute atomic E-state index is 0.185. The standard InChI is InChI=1S/C23H30N4O/c1-16-22(25-21-9-5-4-8-20(21)24-16)26-12-10-17(11-13-26)23(28)27-14-18-6-2-3-7-19(18)15-27/h4-5,8-9,17-19H,2-3,6-7,10-15H2,1H3. The molecule has 0 radical (unpaired) electrons. The van der Waals surface area contributed by atoms with Crippen LogP contribution in [0.5, 0.6) is 0 Å². The lowest BCUT2D eigenvalue weighted by Gasteiger charge is -2.34. The van der Waals surface area contributed by atoms with Gasteiger partial charge in [0.1, 0.15) is 0 Å². The molecule has 2 unspecified atom stereocenters. The first-order chi connectivity index (χ1) is 13.7. The van der Waals surface area contributed by atoms with Crippen molar-refractivity contribution >= 4 is 22.8 Å². The zero-order chi connectivity index (χ0) is 19.1. The molecule has 3 fully saturated rings. The fraction of sp³-hybridized carbons (Fsp3) is 0.609. The largest absolute Gasteiger partial charge is 0.355 e. The number of hydrogen-bond acceptors (Lipinski definition) is 4. The topological polar surface area (TPSA) is 49.3 Å². The Kier molecular flexibility index (Phi) is 4.69. The van der Waals surface area contributed by atoms with Crippen molar-refractivity contribution in [3.05, 3.63) is 30.0 Å². The van der Waals surface area contributed by atoms with Crippen LogP contribution < -0.4 is 4.90 Å². The summed E-state index contributed by atoms with van der Waals surface area (Å²) in [5.74, 6) is 3.12. The minimum atomic E-state index is 0.185. The fourth-order valence-corrected chi connectivity index (χ4v) is 5.56. The lowest BCUT2D eigenvalue weighted by atomic mass is 9.82. The number of likely N-dealkylation sites (tertiary alicyclic amines) is 1. The van der Waals surface area contributed by atoms with Crippen LogP contribution in [0.25, 0.3) is 11.0 Å². The van der Waals surface area contributed by atoms with E-state index in [0.717, 1.165) is 73.4 Å². The fourth-order valence-electron chi connectivity index (χ4n) is 5.56. The lowest BCUT2D eigenvalue weighted by molar-refractivity contribution is -0.135. The molecule has 0 N–H and O–H groups in total. The first kappa shape index (κ1) is 17.9. The summed E-state index contributed by atoms with van der Waals surface area (Å²) in [7, 11) is 0. The van der Waals surface area contributed by atoms with Gasteiger partial charge in [0.15, 0.2) is 5.82 Å². The van der Waals surface area contributed by atoms with E-state index in [0.29, 0.717) is 5.91 Å². The molecule has 2 aliphatic heterocycles. The summed E-state index contributed by atoms with van der Waals surface area (Å²) in [5, 5.41) is 0. The summed E-state index contributed by atoms with van der Waals surface area (Å²) < 4.78 is 0. The van der Waals surface area contributed by atoms with E-state index >= 15 is 0 Å². The van der Waals surface area contributed by atoms with E-state index in [4.69, 9.17) is 9.97 Å². The van der Waals surface area contributed by atoms with Crippen molar-refractivity contribution in [2.45, 2.75) is 45.4 Å². The number of para-hydroxylation sites is 2. The molecule has 0 spiro atoms. The van der Waals surface area contributed by atoms with Gasteiger partial charge in [-0.15, -0.1) is 0 Å². The Morgan fingerprint density at radius 3 is 2.18 bits per heavy atom. The number of amides is 1. The Hall–Kier alpha value is -2.17. The molecular formula is C23H30N4O. The monoisotopic (exact) mass is 378 g/mol. The van der Waals surface area contributed by atoms with Gasteiger partial charge in [-0.1, -0.05) is 25.0 Å². The SMILES string of the molecule is Cc1nc2ccccc2nc1N1CCC(C(=O)N2CC3CCCCC3C2)CC1. The maximum atomic E-state index is 13.1. The van der Waals surface area contributed by atoms with Crippen molar-refractivity contribution < 1.29 is 4.79 Å². The second-order valence-electron chi connectivity index (χ2n) is 8.93. The van der Waals surface area contributed by atoms with Gasteiger partial charge in [0.2, 0.25) is 5.91 Å². The van der Waals surface area contributed by atoms with Crippen LogP contribution in [0.4, 0.5) is 5.82 Å². The molecule has 5 rings (SSSR count). The van der Waals surface area contributed by atoms with Crippen molar-refractivity contribution in [3.8, 4) is 0 Å². The van der Waals surface area contributed by atoms with Gasteiger partial charge in [-0.25, -0.2) is 9.97 Å². The van der Waals surface area contributed by atoms with Crippen LogP contribution in [-0.4, -0.2) is 47.0 Å². The summed E-state index contributed by atoms with van der Waals surface area (Å²) in [4.78, 5) is 27.2. The Balaban J connectivity index is 1.24. The highest BCUT2D eigenvalue weighted by molar-refractivity contribution is 5.80. The van der Waals surface area contributed by atoms with Crippen molar-refractivity contribution in [2.24, 2.45) is 17.8 Å². The number of carbonyl (C=O) groups is 1. The maximum absolute atomic E-state index is 13.1. The highest BCUT2D eigenvalue weighted by Gasteiger charge is 2.39. The molecule has 3 aliphatic rings. The average molecular weight is 379 g/mol. The molecule has 2 atom stereocenters. The van der Waals surface area contributed by atoms with Gasteiger partial charge < -0.3 is 9.80 Å². The summed E-state index contributed by atoms with van der Waals surface area (Å²) in [6.07, 6.45) is 7.22. The van der Waals surface area contributed by atoms with E-state index in [1.165, 1.54) is 25.7 Å². The Bertz CT molecular complexity index is 860. The smallest absolute Gasteiger partial charge is 0.225 e. The number of aromatic nitrogens is 2. The van der Waals surface area contributed by atoms with E-state index in [1.54, 1.807) is 0 Å². The van der Waals surface area contributed by atoms with Crippen molar-refractivity contribution in [1.29, 1.82) is 0 Å². The van der Waals surface area contributed by atoms with Crippen molar-refractivity contribution in [3.63, 3.8) is 0 Å². The Labute approximate surface area is 167 Å². The molecule has 2 saturated heterocycles. The number of carbonyl (C=O) groups excluding carboxylic acids is 1. The van der Waals surface area contributed by atoms with Crippen LogP contribution in [0.3, 0.4) is 0 Å². The number of hydrogen-bond donors (Lipinski definition) is 0. The molecule has 5 heteroatoms. The van der Waals surface area contributed by atoms with Gasteiger partial charge in [-0.05, 0) is 56.6 Å². The first-order valence-corrected chi connectivity index (χ1v) is 11.0. The number of aryl methyl sites for hydroxylation is 1. The molecule has 1 saturated carbocycles. The van der Waals surface area contributed by atoms with E-state index < -0.39 is 0 Å². The van der Waals surface area contributed by atoms with Crippen LogP contribution in [0, 0.1) is 24.7 Å². The molecule has 1 amide bonds. The van der Waals surface area contributed by atoms with Gasteiger partial charge in [-0.3, -0.25) is 4.79 Å².